The molecule has 1 saturated heterocycles. The van der Waals surface area contributed by atoms with Crippen LogP contribution in [0.25, 0.3) is 11.4 Å². The SMILES string of the molecule is Nc1ccc(-c2ccc(C(F)(F)F)cn2)nc1C(=O)Nc1cnccc1N1CCCC(N)C1. The molecule has 1 aliphatic rings. The van der Waals surface area contributed by atoms with Gasteiger partial charge >= 0.3 is 6.18 Å². The fraction of sp³-hybridized carbons (Fsp3) is 0.273. The fourth-order valence-corrected chi connectivity index (χ4v) is 3.68. The molecule has 1 fully saturated rings. The number of piperidine rings is 1. The number of halogens is 3. The summed E-state index contributed by atoms with van der Waals surface area (Å²) >= 11 is 0. The van der Waals surface area contributed by atoms with Gasteiger partial charge in [-0.3, -0.25) is 14.8 Å². The second-order valence-corrected chi connectivity index (χ2v) is 7.76. The van der Waals surface area contributed by atoms with Crippen molar-refractivity contribution in [2.24, 2.45) is 5.73 Å². The van der Waals surface area contributed by atoms with Gasteiger partial charge in [0.2, 0.25) is 0 Å². The summed E-state index contributed by atoms with van der Waals surface area (Å²) in [6.45, 7) is 1.46. The molecule has 0 saturated carbocycles. The molecular weight excluding hydrogens is 435 g/mol. The number of aromatic nitrogens is 3. The van der Waals surface area contributed by atoms with Gasteiger partial charge < -0.3 is 21.7 Å². The van der Waals surface area contributed by atoms with Crippen molar-refractivity contribution in [1.29, 1.82) is 0 Å². The van der Waals surface area contributed by atoms with Crippen LogP contribution in [0.1, 0.15) is 28.9 Å². The number of amides is 1. The van der Waals surface area contributed by atoms with Crippen molar-refractivity contribution in [3.63, 3.8) is 0 Å². The first-order chi connectivity index (χ1) is 15.7. The van der Waals surface area contributed by atoms with Crippen molar-refractivity contribution in [3.05, 3.63) is 60.2 Å². The molecule has 0 aliphatic carbocycles. The van der Waals surface area contributed by atoms with Gasteiger partial charge in [-0.2, -0.15) is 13.2 Å². The van der Waals surface area contributed by atoms with Gasteiger partial charge in [-0.25, -0.2) is 4.98 Å². The van der Waals surface area contributed by atoms with Crippen molar-refractivity contribution in [2.75, 3.05) is 29.0 Å². The summed E-state index contributed by atoms with van der Waals surface area (Å²) in [4.78, 5) is 27.3. The Kier molecular flexibility index (Phi) is 6.14. The van der Waals surface area contributed by atoms with E-state index in [-0.39, 0.29) is 28.8 Å². The number of hydrogen-bond donors (Lipinski definition) is 3. The standard InChI is InChI=1S/C22H22F3N7O/c23-22(24,25)13-3-5-16(29-10-13)17-6-4-15(27)20(30-17)21(33)31-18-11-28-8-7-19(18)32-9-1-2-14(26)12-32/h3-8,10-11,14H,1-2,9,12,26-27H2,(H,31,33). The fourth-order valence-electron chi connectivity index (χ4n) is 3.68. The minimum absolute atomic E-state index is 0.0423. The van der Waals surface area contributed by atoms with E-state index < -0.39 is 17.6 Å². The van der Waals surface area contributed by atoms with Gasteiger partial charge in [0.1, 0.15) is 0 Å². The van der Waals surface area contributed by atoms with Gasteiger partial charge in [-0.05, 0) is 43.2 Å². The Bertz CT molecular complexity index is 1150. The van der Waals surface area contributed by atoms with Gasteiger partial charge in [-0.1, -0.05) is 0 Å². The van der Waals surface area contributed by atoms with E-state index in [0.717, 1.165) is 37.3 Å². The summed E-state index contributed by atoms with van der Waals surface area (Å²) in [5.74, 6) is -0.572. The Morgan fingerprint density at radius 2 is 1.91 bits per heavy atom. The monoisotopic (exact) mass is 457 g/mol. The topological polar surface area (TPSA) is 123 Å². The number of hydrogen-bond acceptors (Lipinski definition) is 7. The number of nitrogens with zero attached hydrogens (tertiary/aromatic N) is 4. The first kappa shape index (κ1) is 22.5. The van der Waals surface area contributed by atoms with E-state index in [9.17, 15) is 18.0 Å². The Morgan fingerprint density at radius 3 is 2.61 bits per heavy atom. The molecule has 0 spiro atoms. The molecular formula is C22H22F3N7O. The summed E-state index contributed by atoms with van der Waals surface area (Å²) in [5.41, 5.74) is 12.9. The van der Waals surface area contributed by atoms with Crippen LogP contribution in [0.3, 0.4) is 0 Å². The zero-order chi connectivity index (χ0) is 23.6. The summed E-state index contributed by atoms with van der Waals surface area (Å²) in [6, 6.07) is 6.90. The predicted molar refractivity (Wildman–Crippen MR) is 118 cm³/mol. The summed E-state index contributed by atoms with van der Waals surface area (Å²) < 4.78 is 38.4. The number of anilines is 3. The molecule has 8 nitrogen and oxygen atoms in total. The Balaban J connectivity index is 1.59. The average molecular weight is 457 g/mol. The van der Waals surface area contributed by atoms with Crippen LogP contribution in [0.2, 0.25) is 0 Å². The number of nitrogens with two attached hydrogens (primary N) is 2. The van der Waals surface area contributed by atoms with Crippen molar-refractivity contribution in [1.82, 2.24) is 15.0 Å². The van der Waals surface area contributed by atoms with Crippen LogP contribution in [0.4, 0.5) is 30.2 Å². The van der Waals surface area contributed by atoms with Crippen molar-refractivity contribution < 1.29 is 18.0 Å². The minimum atomic E-state index is -4.50. The molecule has 3 aromatic heterocycles. The van der Waals surface area contributed by atoms with Crippen molar-refractivity contribution in [3.8, 4) is 11.4 Å². The summed E-state index contributed by atoms with van der Waals surface area (Å²) in [6.07, 6.45) is 1.27. The lowest BCUT2D eigenvalue weighted by molar-refractivity contribution is -0.137. The van der Waals surface area contributed by atoms with E-state index in [1.54, 1.807) is 12.3 Å². The van der Waals surface area contributed by atoms with Crippen LogP contribution in [-0.2, 0) is 6.18 Å². The van der Waals surface area contributed by atoms with Crippen molar-refractivity contribution >= 4 is 23.0 Å². The molecule has 1 amide bonds. The lowest BCUT2D eigenvalue weighted by Gasteiger charge is -2.33. The number of nitrogens with one attached hydrogen (secondary N) is 1. The number of alkyl halides is 3. The highest BCUT2D eigenvalue weighted by atomic mass is 19.4. The van der Waals surface area contributed by atoms with Gasteiger partial charge in [0, 0.05) is 31.5 Å². The van der Waals surface area contributed by atoms with E-state index in [0.29, 0.717) is 12.2 Å². The van der Waals surface area contributed by atoms with E-state index in [4.69, 9.17) is 11.5 Å². The number of pyridine rings is 3. The second kappa shape index (κ2) is 9.02. The quantitative estimate of drug-likeness (QED) is 0.549. The Labute approximate surface area is 187 Å². The maximum absolute atomic E-state index is 13.0. The number of carbonyl (C=O) groups is 1. The largest absolute Gasteiger partial charge is 0.417 e. The highest BCUT2D eigenvalue weighted by Gasteiger charge is 2.30. The van der Waals surface area contributed by atoms with Crippen LogP contribution in [-0.4, -0.2) is 40.0 Å². The smallest absolute Gasteiger partial charge is 0.397 e. The first-order valence-electron chi connectivity index (χ1n) is 10.3. The highest BCUT2D eigenvalue weighted by Crippen LogP contribution is 2.30. The van der Waals surface area contributed by atoms with Crippen LogP contribution in [0, 0.1) is 0 Å². The van der Waals surface area contributed by atoms with Gasteiger partial charge in [0.15, 0.2) is 5.69 Å². The normalized spacial score (nSPS) is 16.5. The third-order valence-electron chi connectivity index (χ3n) is 5.34. The molecule has 1 aliphatic heterocycles. The van der Waals surface area contributed by atoms with E-state index in [1.807, 2.05) is 0 Å². The molecule has 11 heteroatoms. The van der Waals surface area contributed by atoms with E-state index >= 15 is 0 Å². The molecule has 0 bridgehead atoms. The zero-order valence-corrected chi connectivity index (χ0v) is 17.5. The van der Waals surface area contributed by atoms with E-state index in [2.05, 4.69) is 25.2 Å². The average Bonchev–Trinajstić information content (AvgIpc) is 2.79. The third kappa shape index (κ3) is 5.03. The van der Waals surface area contributed by atoms with Gasteiger partial charge in [0.05, 0.1) is 40.2 Å². The number of carbonyl (C=O) groups excluding carboxylic acids is 1. The molecule has 1 atom stereocenters. The van der Waals surface area contributed by atoms with Crippen LogP contribution in [0.15, 0.2) is 48.9 Å². The van der Waals surface area contributed by atoms with E-state index in [1.165, 1.54) is 24.4 Å². The van der Waals surface area contributed by atoms with Crippen LogP contribution < -0.4 is 21.7 Å². The second-order valence-electron chi connectivity index (χ2n) is 7.76. The predicted octanol–water partition coefficient (Wildman–Crippen LogP) is 3.32. The molecule has 0 radical (unpaired) electrons. The zero-order valence-electron chi connectivity index (χ0n) is 17.5. The molecule has 33 heavy (non-hydrogen) atoms. The summed E-state index contributed by atoms with van der Waals surface area (Å²) in [5, 5.41) is 2.79. The third-order valence-corrected chi connectivity index (χ3v) is 5.34. The highest BCUT2D eigenvalue weighted by molar-refractivity contribution is 6.07. The molecule has 172 valence electrons. The lowest BCUT2D eigenvalue weighted by Crippen LogP contribution is -2.43. The van der Waals surface area contributed by atoms with Crippen LogP contribution in [0.5, 0.6) is 0 Å². The molecule has 1 unspecified atom stereocenters. The van der Waals surface area contributed by atoms with Gasteiger partial charge in [0.25, 0.3) is 5.91 Å². The maximum atomic E-state index is 13.0. The van der Waals surface area contributed by atoms with Crippen molar-refractivity contribution in [2.45, 2.75) is 25.1 Å². The first-order valence-corrected chi connectivity index (χ1v) is 10.3. The molecule has 3 aromatic rings. The molecule has 4 rings (SSSR count). The Morgan fingerprint density at radius 1 is 1.12 bits per heavy atom. The van der Waals surface area contributed by atoms with Gasteiger partial charge in [-0.15, -0.1) is 0 Å². The summed E-state index contributed by atoms with van der Waals surface area (Å²) in [7, 11) is 0. The number of nitrogen functional groups attached to an aromatic ring is 1. The lowest BCUT2D eigenvalue weighted by atomic mass is 10.1. The molecule has 0 aromatic carbocycles. The molecule has 5 N–H and O–H groups in total. The minimum Gasteiger partial charge on any atom is -0.397 e. The van der Waals surface area contributed by atoms with Crippen LogP contribution >= 0.6 is 0 Å². The number of rotatable bonds is 4. The molecule has 4 heterocycles. The Hall–Kier alpha value is -3.73. The maximum Gasteiger partial charge on any atom is 0.417 e.